The van der Waals surface area contributed by atoms with E-state index in [1.54, 1.807) is 24.0 Å². The lowest BCUT2D eigenvalue weighted by atomic mass is 10.1. The van der Waals surface area contributed by atoms with Gasteiger partial charge < -0.3 is 4.57 Å². The molecule has 0 radical (unpaired) electrons. The Balaban J connectivity index is 1.89. The van der Waals surface area contributed by atoms with E-state index < -0.39 is 16.1 Å². The zero-order valence-corrected chi connectivity index (χ0v) is 13.3. The molecule has 0 fully saturated rings. The average molecular weight is 332 g/mol. The highest BCUT2D eigenvalue weighted by molar-refractivity contribution is 7.89. The van der Waals surface area contributed by atoms with Crippen molar-refractivity contribution < 1.29 is 8.42 Å². The number of sulfonamides is 1. The van der Waals surface area contributed by atoms with Crippen LogP contribution in [0.5, 0.6) is 0 Å². The van der Waals surface area contributed by atoms with E-state index in [-0.39, 0.29) is 11.6 Å². The summed E-state index contributed by atoms with van der Waals surface area (Å²) in [6, 6.07) is 8.79. The van der Waals surface area contributed by atoms with Gasteiger partial charge in [0.15, 0.2) is 5.03 Å². The predicted molar refractivity (Wildman–Crippen MR) is 82.7 cm³/mol. The molecule has 8 nitrogen and oxygen atoms in total. The molecule has 1 unspecified atom stereocenters. The molecule has 1 aromatic carbocycles. The fourth-order valence-electron chi connectivity index (χ4n) is 2.17. The van der Waals surface area contributed by atoms with Gasteiger partial charge in [0.1, 0.15) is 0 Å². The molecule has 0 aliphatic carbocycles. The standard InChI is InChI=1S/C14H16N6O2S/c1-19-10-14(15-11-19)23(21,22)18-13(9-20-16-7-8-17-20)12-5-3-2-4-6-12/h2-8,10-11,13,18H,9H2,1H3. The van der Waals surface area contributed by atoms with Gasteiger partial charge in [-0.15, -0.1) is 0 Å². The van der Waals surface area contributed by atoms with Crippen molar-refractivity contribution in [3.8, 4) is 0 Å². The molecule has 1 atom stereocenters. The van der Waals surface area contributed by atoms with E-state index in [0.717, 1.165) is 5.56 Å². The molecule has 2 aromatic heterocycles. The molecule has 120 valence electrons. The van der Waals surface area contributed by atoms with Crippen molar-refractivity contribution in [1.82, 2.24) is 29.3 Å². The van der Waals surface area contributed by atoms with Crippen LogP contribution >= 0.6 is 0 Å². The van der Waals surface area contributed by atoms with Gasteiger partial charge in [-0.05, 0) is 5.56 Å². The second kappa shape index (κ2) is 6.31. The Morgan fingerprint density at radius 1 is 1.17 bits per heavy atom. The molecular weight excluding hydrogens is 316 g/mol. The van der Waals surface area contributed by atoms with Gasteiger partial charge in [0.05, 0.1) is 31.3 Å². The zero-order valence-electron chi connectivity index (χ0n) is 12.4. The second-order valence-corrected chi connectivity index (χ2v) is 6.71. The average Bonchev–Trinajstić information content (AvgIpc) is 3.19. The predicted octanol–water partition coefficient (Wildman–Crippen LogP) is 0.731. The summed E-state index contributed by atoms with van der Waals surface area (Å²) in [5, 5.41) is 8.06. The smallest absolute Gasteiger partial charge is 0.260 e. The number of aryl methyl sites for hydroxylation is 1. The number of nitrogens with one attached hydrogen (secondary N) is 1. The number of aromatic nitrogens is 5. The third-order valence-corrected chi connectivity index (χ3v) is 4.62. The Labute approximate surface area is 133 Å². The highest BCUT2D eigenvalue weighted by atomic mass is 32.2. The van der Waals surface area contributed by atoms with Crippen LogP contribution in [-0.4, -0.2) is 33.0 Å². The lowest BCUT2D eigenvalue weighted by Gasteiger charge is -2.18. The van der Waals surface area contributed by atoms with Crippen LogP contribution in [0.3, 0.4) is 0 Å². The number of imidazole rings is 1. The summed E-state index contributed by atoms with van der Waals surface area (Å²) >= 11 is 0. The summed E-state index contributed by atoms with van der Waals surface area (Å²) in [7, 11) is -2.02. The molecule has 0 saturated carbocycles. The quantitative estimate of drug-likeness (QED) is 0.718. The van der Waals surface area contributed by atoms with Crippen molar-refractivity contribution >= 4 is 10.0 Å². The fourth-order valence-corrected chi connectivity index (χ4v) is 3.37. The molecule has 23 heavy (non-hydrogen) atoms. The van der Waals surface area contributed by atoms with Gasteiger partial charge in [0.25, 0.3) is 10.0 Å². The molecule has 2 heterocycles. The summed E-state index contributed by atoms with van der Waals surface area (Å²) in [6.07, 6.45) is 6.00. The lowest BCUT2D eigenvalue weighted by Crippen LogP contribution is -2.32. The van der Waals surface area contributed by atoms with E-state index in [4.69, 9.17) is 0 Å². The molecule has 0 spiro atoms. The highest BCUT2D eigenvalue weighted by Gasteiger charge is 2.24. The molecule has 0 saturated heterocycles. The number of hydrogen-bond acceptors (Lipinski definition) is 5. The molecule has 9 heteroatoms. The maximum absolute atomic E-state index is 12.5. The van der Waals surface area contributed by atoms with E-state index in [9.17, 15) is 8.42 Å². The molecule has 3 aromatic rings. The maximum Gasteiger partial charge on any atom is 0.260 e. The minimum Gasteiger partial charge on any atom is -0.339 e. The summed E-state index contributed by atoms with van der Waals surface area (Å²) in [5.74, 6) is 0. The molecular formula is C14H16N6O2S. The van der Waals surface area contributed by atoms with Crippen molar-refractivity contribution in [2.45, 2.75) is 17.6 Å². The van der Waals surface area contributed by atoms with E-state index >= 15 is 0 Å². The summed E-state index contributed by atoms with van der Waals surface area (Å²) in [4.78, 5) is 5.35. The third kappa shape index (κ3) is 3.63. The van der Waals surface area contributed by atoms with Gasteiger partial charge in [-0.3, -0.25) is 0 Å². The topological polar surface area (TPSA) is 94.7 Å². The molecule has 3 rings (SSSR count). The Morgan fingerprint density at radius 2 is 1.87 bits per heavy atom. The first-order chi connectivity index (χ1) is 11.0. The van der Waals surface area contributed by atoms with E-state index in [0.29, 0.717) is 0 Å². The minimum absolute atomic E-state index is 0.0191. The van der Waals surface area contributed by atoms with Gasteiger partial charge >= 0.3 is 0 Å². The Hall–Kier alpha value is -2.52. The van der Waals surface area contributed by atoms with Crippen LogP contribution in [0.15, 0.2) is 60.3 Å². The van der Waals surface area contributed by atoms with Crippen LogP contribution in [0.4, 0.5) is 0 Å². The SMILES string of the molecule is Cn1cnc(S(=O)(=O)NC(Cn2nccn2)c2ccccc2)c1. The second-order valence-electron chi connectivity index (χ2n) is 5.05. The number of hydrogen-bond donors (Lipinski definition) is 1. The normalized spacial score (nSPS) is 13.1. The van der Waals surface area contributed by atoms with E-state index in [2.05, 4.69) is 19.9 Å². The van der Waals surface area contributed by atoms with Crippen LogP contribution in [-0.2, 0) is 23.6 Å². The van der Waals surface area contributed by atoms with Crippen molar-refractivity contribution in [2.75, 3.05) is 0 Å². The van der Waals surface area contributed by atoms with Crippen LogP contribution in [0, 0.1) is 0 Å². The summed E-state index contributed by atoms with van der Waals surface area (Å²) < 4.78 is 29.3. The summed E-state index contributed by atoms with van der Waals surface area (Å²) in [6.45, 7) is 0.281. The zero-order chi connectivity index (χ0) is 16.3. The number of rotatable bonds is 6. The number of nitrogens with zero attached hydrogens (tertiary/aromatic N) is 5. The Kier molecular flexibility index (Phi) is 4.22. The molecule has 0 aliphatic heterocycles. The number of benzene rings is 1. The van der Waals surface area contributed by atoms with Crippen molar-refractivity contribution in [2.24, 2.45) is 7.05 Å². The molecule has 0 amide bonds. The van der Waals surface area contributed by atoms with Crippen LogP contribution in [0.25, 0.3) is 0 Å². The summed E-state index contributed by atoms with van der Waals surface area (Å²) in [5.41, 5.74) is 0.823. The highest BCUT2D eigenvalue weighted by Crippen LogP contribution is 2.17. The first-order valence-corrected chi connectivity index (χ1v) is 8.42. The van der Waals surface area contributed by atoms with Crippen molar-refractivity contribution in [3.63, 3.8) is 0 Å². The van der Waals surface area contributed by atoms with Crippen LogP contribution < -0.4 is 4.72 Å². The first-order valence-electron chi connectivity index (χ1n) is 6.94. The minimum atomic E-state index is -3.74. The molecule has 0 aliphatic rings. The largest absolute Gasteiger partial charge is 0.339 e. The van der Waals surface area contributed by atoms with Gasteiger partial charge in [-0.2, -0.15) is 15.0 Å². The van der Waals surface area contributed by atoms with E-state index in [1.165, 1.54) is 17.3 Å². The van der Waals surface area contributed by atoms with Gasteiger partial charge in [0.2, 0.25) is 0 Å². The van der Waals surface area contributed by atoms with Gasteiger partial charge in [-0.1, -0.05) is 30.3 Å². The van der Waals surface area contributed by atoms with Crippen molar-refractivity contribution in [3.05, 3.63) is 60.8 Å². The Morgan fingerprint density at radius 3 is 2.48 bits per heavy atom. The van der Waals surface area contributed by atoms with Crippen LogP contribution in [0.2, 0.25) is 0 Å². The maximum atomic E-state index is 12.5. The van der Waals surface area contributed by atoms with Gasteiger partial charge in [0, 0.05) is 13.2 Å². The Bertz CT molecular complexity index is 858. The fraction of sp³-hybridized carbons (Fsp3) is 0.214. The lowest BCUT2D eigenvalue weighted by molar-refractivity contribution is 0.444. The van der Waals surface area contributed by atoms with E-state index in [1.807, 2.05) is 30.3 Å². The van der Waals surface area contributed by atoms with Crippen LogP contribution in [0.1, 0.15) is 11.6 Å². The van der Waals surface area contributed by atoms with Gasteiger partial charge in [-0.25, -0.2) is 18.1 Å². The molecule has 1 N–H and O–H groups in total. The first kappa shape index (κ1) is 15.4. The monoisotopic (exact) mass is 332 g/mol. The van der Waals surface area contributed by atoms with Crippen molar-refractivity contribution in [1.29, 1.82) is 0 Å². The third-order valence-electron chi connectivity index (χ3n) is 3.27. The molecule has 0 bridgehead atoms.